The second-order valence-corrected chi connectivity index (χ2v) is 5.19. The molecule has 118 valence electrons. The Morgan fingerprint density at radius 3 is 2.32 bits per heavy atom. The van der Waals surface area contributed by atoms with E-state index in [-0.39, 0.29) is 0 Å². The molecule has 0 amide bonds. The molecule has 0 saturated heterocycles. The number of ether oxygens (including phenoxy) is 2. The zero-order valence-electron chi connectivity index (χ0n) is 13.1. The number of benzene rings is 2. The van der Waals surface area contributed by atoms with Crippen LogP contribution in [0.2, 0.25) is 0 Å². The lowest BCUT2D eigenvalue weighted by Gasteiger charge is -2.21. The van der Waals surface area contributed by atoms with Crippen LogP contribution in [0.4, 0.5) is 0 Å². The molecule has 0 spiro atoms. The molecule has 2 aromatic carbocycles. The van der Waals surface area contributed by atoms with Gasteiger partial charge in [0.15, 0.2) is 11.5 Å². The topological polar surface area (TPSA) is 41.9 Å². The molecule has 22 heavy (non-hydrogen) atoms. The van der Waals surface area contributed by atoms with Gasteiger partial charge in [-0.25, -0.2) is 0 Å². The van der Waals surface area contributed by atoms with Crippen LogP contribution in [0.25, 0.3) is 0 Å². The van der Waals surface area contributed by atoms with Gasteiger partial charge >= 0.3 is 0 Å². The van der Waals surface area contributed by atoms with Crippen molar-refractivity contribution in [2.75, 3.05) is 33.9 Å². The highest BCUT2D eigenvalue weighted by atomic mass is 16.5. The summed E-state index contributed by atoms with van der Waals surface area (Å²) in [7, 11) is 3.60. The maximum Gasteiger partial charge on any atom is 0.161 e. The summed E-state index contributed by atoms with van der Waals surface area (Å²) in [5.74, 6) is 1.47. The van der Waals surface area contributed by atoms with E-state index in [2.05, 4.69) is 0 Å². The van der Waals surface area contributed by atoms with Crippen molar-refractivity contribution in [3.05, 3.63) is 60.2 Å². The summed E-state index contributed by atoms with van der Waals surface area (Å²) in [5, 5.41) is 10.2. The Bertz CT molecular complexity index is 559. The van der Waals surface area contributed by atoms with Crippen molar-refractivity contribution in [3.63, 3.8) is 0 Å². The van der Waals surface area contributed by atoms with Gasteiger partial charge < -0.3 is 19.5 Å². The van der Waals surface area contributed by atoms with E-state index in [1.54, 1.807) is 7.11 Å². The molecule has 0 aliphatic heterocycles. The fourth-order valence-electron chi connectivity index (χ4n) is 2.22. The van der Waals surface area contributed by atoms with E-state index in [0.29, 0.717) is 13.2 Å². The first-order valence-corrected chi connectivity index (χ1v) is 7.38. The number of aliphatic hydroxyl groups is 1. The largest absolute Gasteiger partial charge is 0.493 e. The Kier molecular flexibility index (Phi) is 6.25. The molecule has 0 saturated carbocycles. The van der Waals surface area contributed by atoms with Crippen LogP contribution in [0.5, 0.6) is 11.5 Å². The van der Waals surface area contributed by atoms with E-state index >= 15 is 0 Å². The normalized spacial score (nSPS) is 12.2. The predicted octanol–water partition coefficient (Wildman–Crippen LogP) is 2.74. The van der Waals surface area contributed by atoms with Crippen LogP contribution in [0, 0.1) is 0 Å². The summed E-state index contributed by atoms with van der Waals surface area (Å²) in [5.41, 5.74) is 0.931. The maximum atomic E-state index is 10.2. The first-order chi connectivity index (χ1) is 10.7. The van der Waals surface area contributed by atoms with Crippen LogP contribution in [0.15, 0.2) is 54.6 Å². The van der Waals surface area contributed by atoms with Gasteiger partial charge in [0.1, 0.15) is 6.61 Å². The second kappa shape index (κ2) is 8.41. The lowest BCUT2D eigenvalue weighted by molar-refractivity contribution is 0.117. The summed E-state index contributed by atoms with van der Waals surface area (Å²) in [4.78, 5) is 2.05. The van der Waals surface area contributed by atoms with Crippen molar-refractivity contribution in [1.82, 2.24) is 4.90 Å². The van der Waals surface area contributed by atoms with E-state index in [4.69, 9.17) is 9.47 Å². The molecule has 2 aromatic rings. The van der Waals surface area contributed by atoms with Crippen LogP contribution in [0.1, 0.15) is 11.7 Å². The van der Waals surface area contributed by atoms with Gasteiger partial charge in [-0.15, -0.1) is 0 Å². The van der Waals surface area contributed by atoms with Gasteiger partial charge in [0.25, 0.3) is 0 Å². The molecule has 0 fully saturated rings. The van der Waals surface area contributed by atoms with Gasteiger partial charge in [0.05, 0.1) is 13.2 Å². The minimum atomic E-state index is -0.488. The van der Waals surface area contributed by atoms with Crippen molar-refractivity contribution >= 4 is 0 Å². The second-order valence-electron chi connectivity index (χ2n) is 5.19. The fourth-order valence-corrected chi connectivity index (χ4v) is 2.22. The van der Waals surface area contributed by atoms with Crippen LogP contribution >= 0.6 is 0 Å². The van der Waals surface area contributed by atoms with E-state index in [1.807, 2.05) is 66.5 Å². The smallest absolute Gasteiger partial charge is 0.161 e. The summed E-state index contributed by atoms with van der Waals surface area (Å²) in [6.45, 7) is 1.83. The van der Waals surface area contributed by atoms with Crippen molar-refractivity contribution in [3.8, 4) is 11.5 Å². The zero-order chi connectivity index (χ0) is 15.8. The molecule has 0 heterocycles. The summed E-state index contributed by atoms with van der Waals surface area (Å²) in [6, 6.07) is 17.3. The van der Waals surface area contributed by atoms with Gasteiger partial charge in [-0.1, -0.05) is 42.5 Å². The number of nitrogens with zero attached hydrogens (tertiary/aromatic N) is 1. The fraction of sp³-hybridized carbons (Fsp3) is 0.333. The molecule has 0 aromatic heterocycles. The maximum absolute atomic E-state index is 10.2. The van der Waals surface area contributed by atoms with Crippen LogP contribution in [-0.4, -0.2) is 43.9 Å². The van der Waals surface area contributed by atoms with Gasteiger partial charge in [0, 0.05) is 13.1 Å². The van der Waals surface area contributed by atoms with Crippen molar-refractivity contribution in [2.45, 2.75) is 6.10 Å². The average molecular weight is 301 g/mol. The Labute approximate surface area is 131 Å². The first kappa shape index (κ1) is 16.3. The van der Waals surface area contributed by atoms with Gasteiger partial charge in [-0.05, 0) is 24.7 Å². The van der Waals surface area contributed by atoms with Gasteiger partial charge in [-0.3, -0.25) is 0 Å². The highest BCUT2D eigenvalue weighted by Gasteiger charge is 2.10. The molecule has 0 radical (unpaired) electrons. The Morgan fingerprint density at radius 1 is 1.00 bits per heavy atom. The highest BCUT2D eigenvalue weighted by Crippen LogP contribution is 2.25. The molecule has 1 unspecified atom stereocenters. The lowest BCUT2D eigenvalue weighted by Crippen LogP contribution is -2.28. The average Bonchev–Trinajstić information content (AvgIpc) is 2.56. The minimum Gasteiger partial charge on any atom is -0.493 e. The zero-order valence-corrected chi connectivity index (χ0v) is 13.1. The van der Waals surface area contributed by atoms with Crippen molar-refractivity contribution in [1.29, 1.82) is 0 Å². The molecule has 1 atom stereocenters. The SMILES string of the molecule is COc1ccccc1OCCN(C)CC(O)c1ccccc1. The van der Waals surface area contributed by atoms with Crippen molar-refractivity contribution in [2.24, 2.45) is 0 Å². The third-order valence-corrected chi connectivity index (χ3v) is 3.47. The number of aliphatic hydroxyl groups excluding tert-OH is 1. The van der Waals surface area contributed by atoms with Crippen LogP contribution < -0.4 is 9.47 Å². The summed E-state index contributed by atoms with van der Waals surface area (Å²) in [6.07, 6.45) is -0.488. The van der Waals surface area contributed by atoms with E-state index in [0.717, 1.165) is 23.6 Å². The Morgan fingerprint density at radius 2 is 1.64 bits per heavy atom. The quantitative estimate of drug-likeness (QED) is 0.814. The minimum absolute atomic E-state index is 0.488. The van der Waals surface area contributed by atoms with E-state index in [9.17, 15) is 5.11 Å². The van der Waals surface area contributed by atoms with Crippen molar-refractivity contribution < 1.29 is 14.6 Å². The number of likely N-dealkylation sites (N-methyl/N-ethyl adjacent to an activating group) is 1. The van der Waals surface area contributed by atoms with Crippen LogP contribution in [-0.2, 0) is 0 Å². The number of hydrogen-bond acceptors (Lipinski definition) is 4. The standard InChI is InChI=1S/C18H23NO3/c1-19(14-16(20)15-8-4-3-5-9-15)12-13-22-18-11-7-6-10-17(18)21-2/h3-11,16,20H,12-14H2,1-2H3. The molecule has 4 nitrogen and oxygen atoms in total. The Hall–Kier alpha value is -2.04. The van der Waals surface area contributed by atoms with Gasteiger partial charge in [-0.2, -0.15) is 0 Å². The van der Waals surface area contributed by atoms with Gasteiger partial charge in [0.2, 0.25) is 0 Å². The number of rotatable bonds is 8. The van der Waals surface area contributed by atoms with E-state index in [1.165, 1.54) is 0 Å². The number of para-hydroxylation sites is 2. The van der Waals surface area contributed by atoms with E-state index < -0.39 is 6.10 Å². The molecular weight excluding hydrogens is 278 g/mol. The predicted molar refractivity (Wildman–Crippen MR) is 87.4 cm³/mol. The molecule has 0 bridgehead atoms. The summed E-state index contributed by atoms with van der Waals surface area (Å²) >= 11 is 0. The third-order valence-electron chi connectivity index (χ3n) is 3.47. The molecule has 0 aliphatic carbocycles. The lowest BCUT2D eigenvalue weighted by atomic mass is 10.1. The third kappa shape index (κ3) is 4.76. The molecule has 2 rings (SSSR count). The Balaban J connectivity index is 1.77. The number of hydrogen-bond donors (Lipinski definition) is 1. The highest BCUT2D eigenvalue weighted by molar-refractivity contribution is 5.39. The molecular formula is C18H23NO3. The molecule has 0 aliphatic rings. The number of methoxy groups -OCH3 is 1. The first-order valence-electron chi connectivity index (χ1n) is 7.38. The monoisotopic (exact) mass is 301 g/mol. The summed E-state index contributed by atoms with van der Waals surface area (Å²) < 4.78 is 11.0. The molecule has 4 heteroatoms. The molecule has 1 N–H and O–H groups in total. The van der Waals surface area contributed by atoms with Crippen LogP contribution in [0.3, 0.4) is 0 Å².